The van der Waals surface area contributed by atoms with Gasteiger partial charge in [-0.15, -0.1) is 0 Å². The fourth-order valence-corrected chi connectivity index (χ4v) is 2.17. The lowest BCUT2D eigenvalue weighted by molar-refractivity contribution is 0.0964. The molecule has 0 aliphatic carbocycles. The highest BCUT2D eigenvalue weighted by Gasteiger charge is 2.11. The summed E-state index contributed by atoms with van der Waals surface area (Å²) in [6.45, 7) is 4.34. The van der Waals surface area contributed by atoms with E-state index in [0.717, 1.165) is 10.9 Å². The third-order valence-electron chi connectivity index (χ3n) is 3.05. The van der Waals surface area contributed by atoms with Gasteiger partial charge in [-0.05, 0) is 28.3 Å². The number of benzene rings is 2. The van der Waals surface area contributed by atoms with Gasteiger partial charge in [-0.2, -0.15) is 0 Å². The number of fused-ring (bicyclic) bond motifs is 1. The van der Waals surface area contributed by atoms with Crippen molar-refractivity contribution in [3.8, 4) is 0 Å². The number of nitrogens with one attached hydrogen (secondary N) is 1. The van der Waals surface area contributed by atoms with Gasteiger partial charge in [0.2, 0.25) is 0 Å². The Labute approximate surface area is 102 Å². The minimum atomic E-state index is -0.0310. The predicted octanol–water partition coefficient (Wildman–Crippen LogP) is 3.32. The smallest absolute Gasteiger partial charge is 0.251 e. The Morgan fingerprint density at radius 3 is 2.35 bits per heavy atom. The molecule has 0 radical (unpaired) electrons. The van der Waals surface area contributed by atoms with Crippen LogP contribution in [0.4, 0.5) is 0 Å². The molecule has 2 aromatic carbocycles. The molecule has 0 bridgehead atoms. The van der Waals surface area contributed by atoms with Crippen LogP contribution in [0.15, 0.2) is 36.4 Å². The van der Waals surface area contributed by atoms with E-state index in [0.29, 0.717) is 5.92 Å². The highest BCUT2D eigenvalue weighted by atomic mass is 16.1. The Morgan fingerprint density at radius 2 is 1.71 bits per heavy atom. The number of hydrogen-bond acceptors (Lipinski definition) is 1. The molecule has 0 spiro atoms. The molecule has 0 heterocycles. The molecule has 17 heavy (non-hydrogen) atoms. The van der Waals surface area contributed by atoms with Gasteiger partial charge < -0.3 is 5.32 Å². The molecule has 0 aliphatic rings. The van der Waals surface area contributed by atoms with Gasteiger partial charge in [-0.3, -0.25) is 4.79 Å². The van der Waals surface area contributed by atoms with Gasteiger partial charge in [-0.1, -0.05) is 44.2 Å². The van der Waals surface area contributed by atoms with Crippen LogP contribution in [0, 0.1) is 0 Å². The predicted molar refractivity (Wildman–Crippen MR) is 71.4 cm³/mol. The highest BCUT2D eigenvalue weighted by molar-refractivity contribution is 6.07. The summed E-state index contributed by atoms with van der Waals surface area (Å²) in [6.07, 6.45) is 0. The highest BCUT2D eigenvalue weighted by Crippen LogP contribution is 2.27. The van der Waals surface area contributed by atoms with E-state index in [2.05, 4.69) is 31.3 Å². The Balaban J connectivity index is 2.74. The number of hydrogen-bond donors (Lipinski definition) is 1. The van der Waals surface area contributed by atoms with E-state index >= 15 is 0 Å². The Morgan fingerprint density at radius 1 is 1.06 bits per heavy atom. The minimum absolute atomic E-state index is 0.0310. The van der Waals surface area contributed by atoms with E-state index in [9.17, 15) is 4.79 Å². The van der Waals surface area contributed by atoms with E-state index in [1.54, 1.807) is 7.05 Å². The zero-order valence-electron chi connectivity index (χ0n) is 10.4. The van der Waals surface area contributed by atoms with Crippen molar-refractivity contribution in [2.75, 3.05) is 7.05 Å². The first-order chi connectivity index (χ1) is 8.15. The number of rotatable bonds is 2. The first-order valence-electron chi connectivity index (χ1n) is 5.89. The standard InChI is InChI=1S/C15H17NO/c1-10(2)11-6-4-8-13-12(11)7-5-9-14(13)15(17)16-3/h4-10H,1-3H3,(H,16,17). The van der Waals surface area contributed by atoms with Crippen molar-refractivity contribution in [1.82, 2.24) is 5.32 Å². The summed E-state index contributed by atoms with van der Waals surface area (Å²) < 4.78 is 0. The van der Waals surface area contributed by atoms with Crippen LogP contribution in [0.25, 0.3) is 10.8 Å². The van der Waals surface area contributed by atoms with Crippen LogP contribution in [0.2, 0.25) is 0 Å². The summed E-state index contributed by atoms with van der Waals surface area (Å²) in [7, 11) is 1.66. The first kappa shape index (κ1) is 11.6. The molecule has 0 fully saturated rings. The fraction of sp³-hybridized carbons (Fsp3) is 0.267. The molecule has 2 heteroatoms. The summed E-state index contributed by atoms with van der Waals surface area (Å²) in [5, 5.41) is 4.88. The SMILES string of the molecule is CNC(=O)c1cccc2c(C(C)C)cccc12. The van der Waals surface area contributed by atoms with Crippen LogP contribution in [0.5, 0.6) is 0 Å². The normalized spacial score (nSPS) is 10.8. The molecule has 2 aromatic rings. The Bertz CT molecular complexity index is 558. The van der Waals surface area contributed by atoms with Crippen LogP contribution < -0.4 is 5.32 Å². The molecule has 1 amide bonds. The Kier molecular flexibility index (Phi) is 3.14. The monoisotopic (exact) mass is 227 g/mol. The number of carbonyl (C=O) groups excluding carboxylic acids is 1. The fourth-order valence-electron chi connectivity index (χ4n) is 2.17. The molecular weight excluding hydrogens is 210 g/mol. The first-order valence-corrected chi connectivity index (χ1v) is 5.89. The van der Waals surface area contributed by atoms with E-state index in [-0.39, 0.29) is 5.91 Å². The van der Waals surface area contributed by atoms with Gasteiger partial charge in [0.25, 0.3) is 5.91 Å². The molecule has 0 atom stereocenters. The van der Waals surface area contributed by atoms with Crippen molar-refractivity contribution in [3.63, 3.8) is 0 Å². The third-order valence-corrected chi connectivity index (χ3v) is 3.05. The van der Waals surface area contributed by atoms with E-state index in [4.69, 9.17) is 0 Å². The second-order valence-corrected chi connectivity index (χ2v) is 4.48. The molecular formula is C15H17NO. The maximum Gasteiger partial charge on any atom is 0.251 e. The summed E-state index contributed by atoms with van der Waals surface area (Å²) in [4.78, 5) is 11.8. The zero-order valence-corrected chi connectivity index (χ0v) is 10.4. The molecule has 0 aliphatic heterocycles. The zero-order chi connectivity index (χ0) is 12.4. The van der Waals surface area contributed by atoms with Gasteiger partial charge in [0.15, 0.2) is 0 Å². The quantitative estimate of drug-likeness (QED) is 0.837. The molecule has 0 saturated heterocycles. The molecule has 2 rings (SSSR count). The molecule has 0 unspecified atom stereocenters. The average molecular weight is 227 g/mol. The molecule has 2 nitrogen and oxygen atoms in total. The van der Waals surface area contributed by atoms with Gasteiger partial charge in [-0.25, -0.2) is 0 Å². The summed E-state index contributed by atoms with van der Waals surface area (Å²) in [5.74, 6) is 0.426. The van der Waals surface area contributed by atoms with Crippen molar-refractivity contribution >= 4 is 16.7 Å². The van der Waals surface area contributed by atoms with Crippen molar-refractivity contribution in [3.05, 3.63) is 47.5 Å². The van der Waals surface area contributed by atoms with E-state index in [1.165, 1.54) is 10.9 Å². The molecule has 0 aromatic heterocycles. The van der Waals surface area contributed by atoms with E-state index in [1.807, 2.05) is 24.3 Å². The van der Waals surface area contributed by atoms with Crippen LogP contribution >= 0.6 is 0 Å². The number of carbonyl (C=O) groups is 1. The van der Waals surface area contributed by atoms with Crippen LogP contribution in [0.1, 0.15) is 35.7 Å². The maximum absolute atomic E-state index is 11.8. The van der Waals surface area contributed by atoms with Gasteiger partial charge in [0.1, 0.15) is 0 Å². The molecule has 0 saturated carbocycles. The van der Waals surface area contributed by atoms with Gasteiger partial charge >= 0.3 is 0 Å². The average Bonchev–Trinajstić information content (AvgIpc) is 2.36. The summed E-state index contributed by atoms with van der Waals surface area (Å²) in [6, 6.07) is 12.0. The number of amides is 1. The summed E-state index contributed by atoms with van der Waals surface area (Å²) in [5.41, 5.74) is 2.03. The van der Waals surface area contributed by atoms with Gasteiger partial charge in [0, 0.05) is 12.6 Å². The maximum atomic E-state index is 11.8. The van der Waals surface area contributed by atoms with Crippen LogP contribution in [0.3, 0.4) is 0 Å². The van der Waals surface area contributed by atoms with Crippen molar-refractivity contribution in [2.24, 2.45) is 0 Å². The topological polar surface area (TPSA) is 29.1 Å². The van der Waals surface area contributed by atoms with Crippen molar-refractivity contribution in [2.45, 2.75) is 19.8 Å². The second-order valence-electron chi connectivity index (χ2n) is 4.48. The Hall–Kier alpha value is -1.83. The minimum Gasteiger partial charge on any atom is -0.355 e. The van der Waals surface area contributed by atoms with E-state index < -0.39 is 0 Å². The lowest BCUT2D eigenvalue weighted by Crippen LogP contribution is -2.18. The largest absolute Gasteiger partial charge is 0.355 e. The van der Waals surface area contributed by atoms with Crippen molar-refractivity contribution in [1.29, 1.82) is 0 Å². The third kappa shape index (κ3) is 2.03. The molecule has 1 N–H and O–H groups in total. The van der Waals surface area contributed by atoms with Crippen LogP contribution in [-0.4, -0.2) is 13.0 Å². The lowest BCUT2D eigenvalue weighted by atomic mass is 9.94. The lowest BCUT2D eigenvalue weighted by Gasteiger charge is -2.12. The summed E-state index contributed by atoms with van der Waals surface area (Å²) >= 11 is 0. The van der Waals surface area contributed by atoms with Crippen molar-refractivity contribution < 1.29 is 4.79 Å². The second kappa shape index (κ2) is 4.58. The van der Waals surface area contributed by atoms with Gasteiger partial charge in [0.05, 0.1) is 0 Å². The molecule has 88 valence electrons. The van der Waals surface area contributed by atoms with Crippen LogP contribution in [-0.2, 0) is 0 Å².